The van der Waals surface area contributed by atoms with E-state index in [1.54, 1.807) is 24.3 Å². The number of carbonyl (C=O) groups is 4. The number of hydrogen-bond acceptors (Lipinski definition) is 7. The summed E-state index contributed by atoms with van der Waals surface area (Å²) < 4.78 is 13.3. The minimum absolute atomic E-state index is 0.0253. The molecule has 0 aliphatic rings. The number of rotatable bonds is 12. The maximum absolute atomic E-state index is 13.3. The summed E-state index contributed by atoms with van der Waals surface area (Å²) in [6.45, 7) is -0.507. The summed E-state index contributed by atoms with van der Waals surface area (Å²) in [5, 5.41) is 27.7. The molecule has 11 nitrogen and oxygen atoms in total. The zero-order valence-corrected chi connectivity index (χ0v) is 22.5. The van der Waals surface area contributed by atoms with Crippen LogP contribution in [-0.2, 0) is 32.1 Å². The maximum atomic E-state index is 13.3. The van der Waals surface area contributed by atoms with Crippen LogP contribution < -0.4 is 16.0 Å². The quantitative estimate of drug-likeness (QED) is 0.208. The Kier molecular flexibility index (Phi) is 10.8. The van der Waals surface area contributed by atoms with Crippen LogP contribution in [0.2, 0.25) is 0 Å². The normalized spacial score (nSPS) is 12.1. The van der Waals surface area contributed by atoms with Crippen molar-refractivity contribution in [3.05, 3.63) is 95.3 Å². The highest BCUT2D eigenvalue weighted by Gasteiger charge is 2.26. The van der Waals surface area contributed by atoms with E-state index in [-0.39, 0.29) is 29.9 Å². The zero-order valence-electron chi connectivity index (χ0n) is 22.5. The summed E-state index contributed by atoms with van der Waals surface area (Å²) >= 11 is 0. The van der Waals surface area contributed by atoms with Gasteiger partial charge in [-0.1, -0.05) is 24.3 Å². The summed E-state index contributed by atoms with van der Waals surface area (Å²) in [4.78, 5) is 56.4. The Morgan fingerprint density at radius 2 is 1.32 bits per heavy atom. The average Bonchev–Trinajstić information content (AvgIpc) is 2.96. The van der Waals surface area contributed by atoms with Crippen molar-refractivity contribution in [2.45, 2.75) is 24.9 Å². The second-order valence-electron chi connectivity index (χ2n) is 9.13. The van der Waals surface area contributed by atoms with Gasteiger partial charge in [0.15, 0.2) is 0 Å². The third-order valence-electron chi connectivity index (χ3n) is 6.12. The van der Waals surface area contributed by atoms with E-state index in [0.29, 0.717) is 11.1 Å². The van der Waals surface area contributed by atoms with Gasteiger partial charge in [0.1, 0.15) is 29.4 Å². The van der Waals surface area contributed by atoms with Crippen LogP contribution >= 0.6 is 0 Å². The molecule has 0 aromatic heterocycles. The highest BCUT2D eigenvalue weighted by Crippen LogP contribution is 2.14. The molecule has 3 aromatic carbocycles. The summed E-state index contributed by atoms with van der Waals surface area (Å²) in [5.41, 5.74) is 1.41. The van der Waals surface area contributed by atoms with E-state index in [2.05, 4.69) is 16.0 Å². The van der Waals surface area contributed by atoms with Crippen LogP contribution in [0.15, 0.2) is 72.8 Å². The van der Waals surface area contributed by atoms with Crippen LogP contribution in [0, 0.1) is 5.82 Å². The topological polar surface area (TPSA) is 157 Å². The molecule has 0 unspecified atom stereocenters. The highest BCUT2D eigenvalue weighted by atomic mass is 19.1. The fourth-order valence-electron chi connectivity index (χ4n) is 3.83. The molecule has 0 saturated heterocycles. The van der Waals surface area contributed by atoms with Gasteiger partial charge in [0.2, 0.25) is 11.8 Å². The number of amides is 4. The summed E-state index contributed by atoms with van der Waals surface area (Å²) in [7, 11) is 2.68. The van der Waals surface area contributed by atoms with Crippen molar-refractivity contribution in [1.82, 2.24) is 21.0 Å². The molecule has 0 saturated carbocycles. The fraction of sp³-hybridized carbons (Fsp3) is 0.241. The minimum atomic E-state index is -1.13. The predicted molar refractivity (Wildman–Crippen MR) is 146 cm³/mol. The van der Waals surface area contributed by atoms with Crippen LogP contribution in [0.25, 0.3) is 0 Å². The van der Waals surface area contributed by atoms with Gasteiger partial charge in [-0.3, -0.25) is 24.0 Å². The van der Waals surface area contributed by atoms with Gasteiger partial charge in [-0.2, -0.15) is 0 Å². The first kappa shape index (κ1) is 30.6. The van der Waals surface area contributed by atoms with Crippen molar-refractivity contribution in [1.29, 1.82) is 0 Å². The Labute approximate surface area is 235 Å². The number of aromatic hydroxyl groups is 2. The molecular formula is C29H31FN4O7. The van der Waals surface area contributed by atoms with E-state index in [0.717, 1.165) is 17.2 Å². The van der Waals surface area contributed by atoms with Crippen LogP contribution in [0.1, 0.15) is 21.5 Å². The Morgan fingerprint density at radius 1 is 0.805 bits per heavy atom. The predicted octanol–water partition coefficient (Wildman–Crippen LogP) is 1.44. The summed E-state index contributed by atoms with van der Waals surface area (Å²) in [5.74, 6) is -2.98. The molecule has 0 fully saturated rings. The van der Waals surface area contributed by atoms with Crippen molar-refractivity contribution in [3.63, 3.8) is 0 Å². The number of halogens is 1. The average molecular weight is 567 g/mol. The molecule has 216 valence electrons. The van der Waals surface area contributed by atoms with Gasteiger partial charge in [0, 0.05) is 25.5 Å². The number of nitrogens with one attached hydrogen (secondary N) is 3. The number of hydrogen-bond donors (Lipinski definition) is 5. The van der Waals surface area contributed by atoms with Gasteiger partial charge in [0.05, 0.1) is 13.7 Å². The van der Waals surface area contributed by atoms with Gasteiger partial charge >= 0.3 is 0 Å². The van der Waals surface area contributed by atoms with Crippen LogP contribution in [0.3, 0.4) is 0 Å². The molecule has 5 N–H and O–H groups in total. The molecule has 3 aromatic rings. The summed E-state index contributed by atoms with van der Waals surface area (Å²) in [6.07, 6.45) is 0.116. The number of likely N-dealkylation sites (N-methyl/N-ethyl adjacent to an activating group) is 1. The van der Waals surface area contributed by atoms with Gasteiger partial charge in [-0.15, -0.1) is 0 Å². The fourth-order valence-corrected chi connectivity index (χ4v) is 3.83. The Hall–Kier alpha value is -4.97. The smallest absolute Gasteiger partial charge is 0.268 e. The van der Waals surface area contributed by atoms with Crippen molar-refractivity contribution in [2.24, 2.45) is 0 Å². The molecule has 3 rings (SSSR count). The first-order valence-corrected chi connectivity index (χ1v) is 12.6. The largest absolute Gasteiger partial charge is 0.508 e. The molecule has 41 heavy (non-hydrogen) atoms. The molecule has 0 aliphatic heterocycles. The lowest BCUT2D eigenvalue weighted by molar-refractivity contribution is -0.171. The number of phenols is 2. The van der Waals surface area contributed by atoms with E-state index in [1.807, 2.05) is 0 Å². The van der Waals surface area contributed by atoms with E-state index >= 15 is 0 Å². The van der Waals surface area contributed by atoms with E-state index < -0.39 is 48.1 Å². The van der Waals surface area contributed by atoms with E-state index in [1.165, 1.54) is 50.6 Å². The van der Waals surface area contributed by atoms with Gasteiger partial charge in [0.25, 0.3) is 11.8 Å². The lowest BCUT2D eigenvalue weighted by atomic mass is 10.0. The monoisotopic (exact) mass is 566 g/mol. The highest BCUT2D eigenvalue weighted by molar-refractivity contribution is 5.98. The molecule has 0 spiro atoms. The second-order valence-corrected chi connectivity index (χ2v) is 9.13. The third-order valence-corrected chi connectivity index (χ3v) is 6.12. The first-order valence-electron chi connectivity index (χ1n) is 12.6. The third kappa shape index (κ3) is 9.32. The number of carbonyl (C=O) groups excluding carboxylic acids is 4. The standard InChI is InChI=1S/C29H31FN4O7/c1-34(41-2)29(40)25(16-19-5-13-23(36)14-6-19)32-26(37)17-31-28(39)24(15-18-3-11-22(35)12-4-18)33-27(38)20-7-9-21(30)10-8-20/h3-14,24-25,35-36H,15-17H2,1-2H3,(H,31,39)(H,32,37)(H,33,38)/t24-,25-/m0/s1. The van der Waals surface area contributed by atoms with Crippen molar-refractivity contribution in [2.75, 3.05) is 20.7 Å². The van der Waals surface area contributed by atoms with Gasteiger partial charge in [-0.05, 0) is 59.7 Å². The molecule has 4 amide bonds. The molecule has 0 radical (unpaired) electrons. The van der Waals surface area contributed by atoms with Crippen LogP contribution in [0.4, 0.5) is 4.39 Å². The number of hydroxylamine groups is 2. The van der Waals surface area contributed by atoms with Crippen LogP contribution in [0.5, 0.6) is 11.5 Å². The van der Waals surface area contributed by atoms with Crippen molar-refractivity contribution >= 4 is 23.6 Å². The number of benzene rings is 3. The zero-order chi connectivity index (χ0) is 29.9. The second kappa shape index (κ2) is 14.4. The van der Waals surface area contributed by atoms with E-state index in [9.17, 15) is 33.8 Å². The molecule has 2 atom stereocenters. The van der Waals surface area contributed by atoms with Crippen molar-refractivity contribution in [3.8, 4) is 11.5 Å². The lowest BCUT2D eigenvalue weighted by Gasteiger charge is -2.23. The summed E-state index contributed by atoms with van der Waals surface area (Å²) in [6, 6.07) is 14.8. The Bertz CT molecular complexity index is 1350. The number of nitrogens with zero attached hydrogens (tertiary/aromatic N) is 1. The lowest BCUT2D eigenvalue weighted by Crippen LogP contribution is -2.53. The first-order chi connectivity index (χ1) is 19.5. The minimum Gasteiger partial charge on any atom is -0.508 e. The van der Waals surface area contributed by atoms with Crippen molar-refractivity contribution < 1.29 is 38.6 Å². The van der Waals surface area contributed by atoms with Gasteiger partial charge in [-0.25, -0.2) is 9.45 Å². The Morgan fingerprint density at radius 3 is 1.83 bits per heavy atom. The molecular weight excluding hydrogens is 535 g/mol. The molecule has 0 aliphatic carbocycles. The molecule has 0 bridgehead atoms. The van der Waals surface area contributed by atoms with Crippen LogP contribution in [-0.4, -0.2) is 71.7 Å². The SMILES string of the molecule is CON(C)C(=O)[C@H](Cc1ccc(O)cc1)NC(=O)CNC(=O)[C@H](Cc1ccc(O)cc1)NC(=O)c1ccc(F)cc1. The number of phenolic OH excluding ortho intramolecular Hbond substituents is 2. The van der Waals surface area contributed by atoms with Gasteiger partial charge < -0.3 is 26.2 Å². The molecule has 0 heterocycles. The maximum Gasteiger partial charge on any atom is 0.268 e. The van der Waals surface area contributed by atoms with E-state index in [4.69, 9.17) is 4.84 Å². The Balaban J connectivity index is 1.69. The molecule has 12 heteroatoms.